The van der Waals surface area contributed by atoms with Gasteiger partial charge in [0, 0.05) is 5.69 Å². The van der Waals surface area contributed by atoms with Crippen molar-refractivity contribution in [3.8, 4) is 0 Å². The van der Waals surface area contributed by atoms with Crippen LogP contribution in [-0.4, -0.2) is 30.3 Å². The van der Waals surface area contributed by atoms with Crippen molar-refractivity contribution < 1.29 is 28.3 Å². The van der Waals surface area contributed by atoms with E-state index in [4.69, 9.17) is 4.74 Å². The molecule has 1 aliphatic carbocycles. The van der Waals surface area contributed by atoms with Gasteiger partial charge >= 0.3 is 5.97 Å². The molecule has 1 saturated heterocycles. The third-order valence-corrected chi connectivity index (χ3v) is 6.01. The van der Waals surface area contributed by atoms with E-state index in [-0.39, 0.29) is 29.2 Å². The molecule has 0 radical (unpaired) electrons. The van der Waals surface area contributed by atoms with Crippen LogP contribution in [0.15, 0.2) is 48.5 Å². The van der Waals surface area contributed by atoms with Crippen LogP contribution in [0.4, 0.5) is 15.8 Å². The highest BCUT2D eigenvalue weighted by Crippen LogP contribution is 2.42. The first-order valence-corrected chi connectivity index (χ1v) is 10.5. The fourth-order valence-corrected chi connectivity index (χ4v) is 4.34. The lowest BCUT2D eigenvalue weighted by Gasteiger charge is -2.25. The Morgan fingerprint density at radius 2 is 1.66 bits per heavy atom. The van der Waals surface area contributed by atoms with Crippen molar-refractivity contribution >= 4 is 35.1 Å². The average Bonchev–Trinajstić information content (AvgIpc) is 3.03. The number of nitrogens with one attached hydrogen (secondary N) is 1. The summed E-state index contributed by atoms with van der Waals surface area (Å²) in [5.74, 6) is -2.18. The van der Waals surface area contributed by atoms with E-state index in [1.54, 1.807) is 0 Å². The number of carbonyl (C=O) groups excluding carboxylic acids is 4. The number of hydrogen-bond acceptors (Lipinski definition) is 5. The first-order chi connectivity index (χ1) is 15.3. The Kier molecular flexibility index (Phi) is 6.03. The Balaban J connectivity index is 1.35. The Morgan fingerprint density at radius 3 is 2.34 bits per heavy atom. The van der Waals surface area contributed by atoms with Crippen LogP contribution in [0.5, 0.6) is 0 Å². The second-order valence-corrected chi connectivity index (χ2v) is 8.32. The lowest BCUT2D eigenvalue weighted by Crippen LogP contribution is -2.30. The van der Waals surface area contributed by atoms with E-state index in [0.717, 1.165) is 19.3 Å². The maximum absolute atomic E-state index is 12.9. The number of halogens is 1. The molecule has 1 aliphatic heterocycles. The number of rotatable bonds is 5. The molecule has 3 amide bonds. The van der Waals surface area contributed by atoms with Gasteiger partial charge in [-0.05, 0) is 73.7 Å². The highest BCUT2D eigenvalue weighted by molar-refractivity contribution is 6.22. The Morgan fingerprint density at radius 1 is 1.00 bits per heavy atom. The predicted molar refractivity (Wildman–Crippen MR) is 114 cm³/mol. The third kappa shape index (κ3) is 4.39. The number of carbonyl (C=O) groups is 4. The van der Waals surface area contributed by atoms with Crippen molar-refractivity contribution in [2.24, 2.45) is 17.8 Å². The van der Waals surface area contributed by atoms with Crippen molar-refractivity contribution in [2.45, 2.75) is 26.2 Å². The van der Waals surface area contributed by atoms with E-state index < -0.39 is 24.3 Å². The van der Waals surface area contributed by atoms with E-state index in [1.165, 1.54) is 53.4 Å². The van der Waals surface area contributed by atoms with Gasteiger partial charge < -0.3 is 10.1 Å². The van der Waals surface area contributed by atoms with Crippen LogP contribution >= 0.6 is 0 Å². The molecule has 8 heteroatoms. The predicted octanol–water partition coefficient (Wildman–Crippen LogP) is 3.55. The zero-order chi connectivity index (χ0) is 22.8. The molecule has 3 atom stereocenters. The molecule has 1 N–H and O–H groups in total. The molecule has 166 valence electrons. The SMILES string of the molecule is C[C@@H]1CC[C@H]2C(=O)N(c3ccc(C(=O)OCC(=O)Nc4ccc(F)cc4)cc3)C(=O)[C@H]2C1. The van der Waals surface area contributed by atoms with Crippen LogP contribution < -0.4 is 10.2 Å². The summed E-state index contributed by atoms with van der Waals surface area (Å²) in [5.41, 5.74) is 0.993. The molecule has 7 nitrogen and oxygen atoms in total. The average molecular weight is 438 g/mol. The number of hydrogen-bond donors (Lipinski definition) is 1. The summed E-state index contributed by atoms with van der Waals surface area (Å²) < 4.78 is 17.9. The van der Waals surface area contributed by atoms with E-state index in [9.17, 15) is 23.6 Å². The monoisotopic (exact) mass is 438 g/mol. The number of amides is 3. The standard InChI is InChI=1S/C24H23FN2O5/c1-14-2-11-19-20(12-14)23(30)27(22(19)29)18-9-3-15(4-10-18)24(31)32-13-21(28)26-17-7-5-16(25)6-8-17/h3-10,14,19-20H,2,11-13H2,1H3,(H,26,28)/t14-,19-,20+/m1/s1. The number of fused-ring (bicyclic) bond motifs is 1. The summed E-state index contributed by atoms with van der Waals surface area (Å²) in [6.07, 6.45) is 2.38. The first-order valence-electron chi connectivity index (χ1n) is 10.5. The summed E-state index contributed by atoms with van der Waals surface area (Å²) >= 11 is 0. The lowest BCUT2D eigenvalue weighted by molar-refractivity contribution is -0.122. The van der Waals surface area contributed by atoms with Gasteiger partial charge in [0.1, 0.15) is 5.82 Å². The third-order valence-electron chi connectivity index (χ3n) is 6.01. The molecule has 4 rings (SSSR count). The molecule has 0 bridgehead atoms. The number of benzene rings is 2. The van der Waals surface area contributed by atoms with Gasteiger partial charge in [-0.15, -0.1) is 0 Å². The molecule has 1 saturated carbocycles. The minimum absolute atomic E-state index is 0.181. The van der Waals surface area contributed by atoms with Crippen LogP contribution in [0.3, 0.4) is 0 Å². The van der Waals surface area contributed by atoms with E-state index in [2.05, 4.69) is 12.2 Å². The summed E-state index contributed by atoms with van der Waals surface area (Å²) in [6, 6.07) is 11.2. The number of anilines is 2. The smallest absolute Gasteiger partial charge is 0.338 e. The molecule has 32 heavy (non-hydrogen) atoms. The number of esters is 1. The maximum Gasteiger partial charge on any atom is 0.338 e. The number of nitrogens with zero attached hydrogens (tertiary/aromatic N) is 1. The van der Waals surface area contributed by atoms with Gasteiger partial charge in [-0.2, -0.15) is 0 Å². The zero-order valence-corrected chi connectivity index (χ0v) is 17.5. The van der Waals surface area contributed by atoms with Crippen molar-refractivity contribution in [1.82, 2.24) is 0 Å². The van der Waals surface area contributed by atoms with E-state index >= 15 is 0 Å². The molecule has 1 heterocycles. The fourth-order valence-electron chi connectivity index (χ4n) is 4.34. The number of imide groups is 1. The molecular weight excluding hydrogens is 415 g/mol. The molecule has 0 unspecified atom stereocenters. The highest BCUT2D eigenvalue weighted by atomic mass is 19.1. The molecule has 2 fully saturated rings. The first kappa shape index (κ1) is 21.7. The summed E-state index contributed by atoms with van der Waals surface area (Å²) in [6.45, 7) is 1.58. The highest BCUT2D eigenvalue weighted by Gasteiger charge is 2.49. The molecule has 0 spiro atoms. The molecule has 2 aromatic carbocycles. The maximum atomic E-state index is 12.9. The number of ether oxygens (including phenoxy) is 1. The van der Waals surface area contributed by atoms with E-state index in [0.29, 0.717) is 17.3 Å². The fraction of sp³-hybridized carbons (Fsp3) is 0.333. The van der Waals surface area contributed by atoms with Gasteiger partial charge in [-0.25, -0.2) is 9.18 Å². The van der Waals surface area contributed by atoms with Gasteiger partial charge in [0.25, 0.3) is 5.91 Å². The van der Waals surface area contributed by atoms with Crippen LogP contribution in [0.25, 0.3) is 0 Å². The van der Waals surface area contributed by atoms with Crippen LogP contribution in [0.2, 0.25) is 0 Å². The minimum atomic E-state index is -0.715. The largest absolute Gasteiger partial charge is 0.452 e. The lowest BCUT2D eigenvalue weighted by atomic mass is 9.76. The van der Waals surface area contributed by atoms with Crippen molar-refractivity contribution in [3.05, 3.63) is 59.9 Å². The van der Waals surface area contributed by atoms with Crippen LogP contribution in [0, 0.1) is 23.6 Å². The zero-order valence-electron chi connectivity index (χ0n) is 17.5. The second kappa shape index (κ2) is 8.90. The minimum Gasteiger partial charge on any atom is -0.452 e. The van der Waals surface area contributed by atoms with Gasteiger partial charge in [-0.3, -0.25) is 19.3 Å². The summed E-state index contributed by atoms with van der Waals surface area (Å²) in [7, 11) is 0. The van der Waals surface area contributed by atoms with E-state index in [1.807, 2.05) is 0 Å². The van der Waals surface area contributed by atoms with Crippen LogP contribution in [-0.2, 0) is 19.1 Å². The van der Waals surface area contributed by atoms with Crippen molar-refractivity contribution in [2.75, 3.05) is 16.8 Å². The Bertz CT molecular complexity index is 1050. The van der Waals surface area contributed by atoms with Crippen molar-refractivity contribution in [3.63, 3.8) is 0 Å². The Hall–Kier alpha value is -3.55. The molecule has 0 aromatic heterocycles. The van der Waals surface area contributed by atoms with Gasteiger partial charge in [0.05, 0.1) is 23.1 Å². The van der Waals surface area contributed by atoms with Gasteiger partial charge in [0.2, 0.25) is 11.8 Å². The van der Waals surface area contributed by atoms with Crippen molar-refractivity contribution in [1.29, 1.82) is 0 Å². The van der Waals surface area contributed by atoms with Gasteiger partial charge in [0.15, 0.2) is 6.61 Å². The second-order valence-electron chi connectivity index (χ2n) is 8.32. The summed E-state index contributed by atoms with van der Waals surface area (Å²) in [5, 5.41) is 2.49. The molecular formula is C24H23FN2O5. The quantitative estimate of drug-likeness (QED) is 0.569. The van der Waals surface area contributed by atoms with Crippen LogP contribution in [0.1, 0.15) is 36.5 Å². The topological polar surface area (TPSA) is 92.8 Å². The summed E-state index contributed by atoms with van der Waals surface area (Å²) in [4.78, 5) is 51.0. The normalized spacial score (nSPS) is 22.4. The molecule has 2 aromatic rings. The van der Waals surface area contributed by atoms with Gasteiger partial charge in [-0.1, -0.05) is 6.92 Å². The molecule has 2 aliphatic rings. The Labute approximate surface area is 184 Å².